The maximum atomic E-state index is 10.7. The van der Waals surface area contributed by atoms with E-state index in [-0.39, 0.29) is 0 Å². The summed E-state index contributed by atoms with van der Waals surface area (Å²) < 4.78 is 0. The van der Waals surface area contributed by atoms with Crippen molar-refractivity contribution in [2.24, 2.45) is 0 Å². The van der Waals surface area contributed by atoms with Crippen LogP contribution in [-0.4, -0.2) is 11.3 Å². The maximum Gasteiger partial charge on any atom is 0.145 e. The molecular weight excluding hydrogens is 294 g/mol. The summed E-state index contributed by atoms with van der Waals surface area (Å²) in [4.78, 5) is 15.2. The number of para-hydroxylation sites is 1. The Morgan fingerprint density at radius 1 is 0.958 bits per heavy atom. The van der Waals surface area contributed by atoms with Crippen LogP contribution in [0.5, 0.6) is 0 Å². The van der Waals surface area contributed by atoms with Gasteiger partial charge >= 0.3 is 0 Å². The van der Waals surface area contributed by atoms with Gasteiger partial charge in [-0.1, -0.05) is 71.9 Å². The summed E-state index contributed by atoms with van der Waals surface area (Å²) in [5.41, 5.74) is 3.74. The van der Waals surface area contributed by atoms with E-state index in [2.05, 4.69) is 4.98 Å². The lowest BCUT2D eigenvalue weighted by Crippen LogP contribution is -1.88. The molecule has 1 heterocycles. The zero-order chi connectivity index (χ0) is 19.0. The van der Waals surface area contributed by atoms with Gasteiger partial charge in [0, 0.05) is 17.1 Å². The van der Waals surface area contributed by atoms with Crippen molar-refractivity contribution in [3.8, 4) is 0 Å². The molecule has 2 nitrogen and oxygen atoms in total. The number of benzene rings is 1. The smallest absolute Gasteiger partial charge is 0.145 e. The summed E-state index contributed by atoms with van der Waals surface area (Å²) in [6, 6.07) is 10.0. The first-order valence-corrected chi connectivity index (χ1v) is 8.90. The molecule has 0 spiro atoms. The summed E-state index contributed by atoms with van der Waals surface area (Å²) in [5.74, 6) is 0. The van der Waals surface area contributed by atoms with Crippen molar-refractivity contribution in [3.05, 3.63) is 59.8 Å². The molecule has 0 fully saturated rings. The average molecular weight is 328 g/mol. The second kappa shape index (κ2) is 15.7. The first-order chi connectivity index (χ1) is 11.8. The first kappa shape index (κ1) is 24.0. The molecule has 2 heteroatoms. The summed E-state index contributed by atoms with van der Waals surface area (Å²) in [6.45, 7) is 15.8. The lowest BCUT2D eigenvalue weighted by Gasteiger charge is -2.06. The highest BCUT2D eigenvalue weighted by Crippen LogP contribution is 2.24. The molecule has 0 N–H and O–H groups in total. The molecule has 0 bridgehead atoms. The molecule has 0 radical (unpaired) electrons. The number of hydrogen-bond acceptors (Lipinski definition) is 2. The minimum absolute atomic E-state index is 0.705. The van der Waals surface area contributed by atoms with Crippen LogP contribution in [0.15, 0.2) is 54.3 Å². The maximum absolute atomic E-state index is 10.7. The van der Waals surface area contributed by atoms with Crippen molar-refractivity contribution < 1.29 is 4.79 Å². The van der Waals surface area contributed by atoms with Crippen molar-refractivity contribution in [2.75, 3.05) is 0 Å². The SMILES string of the molecule is C/C=C(\C=C(/C)C=O)c1cccc2cccnc12.CC.CC.CC. The minimum Gasteiger partial charge on any atom is -0.298 e. The van der Waals surface area contributed by atoms with E-state index in [1.807, 2.05) is 91.0 Å². The largest absolute Gasteiger partial charge is 0.298 e. The zero-order valence-electron chi connectivity index (χ0n) is 16.6. The molecule has 1 aromatic carbocycles. The predicted octanol–water partition coefficient (Wildman–Crippen LogP) is 6.86. The molecule has 0 aliphatic carbocycles. The highest BCUT2D eigenvalue weighted by molar-refractivity contribution is 5.94. The number of aromatic nitrogens is 1. The van der Waals surface area contributed by atoms with Gasteiger partial charge in [0.1, 0.15) is 6.29 Å². The molecule has 0 aliphatic rings. The van der Waals surface area contributed by atoms with Gasteiger partial charge in [-0.3, -0.25) is 9.78 Å². The Kier molecular flexibility index (Phi) is 15.7. The Balaban J connectivity index is 0. The second-order valence-corrected chi connectivity index (χ2v) is 4.13. The Hall–Kier alpha value is -2.22. The Labute approximate surface area is 148 Å². The highest BCUT2D eigenvalue weighted by atomic mass is 16.1. The van der Waals surface area contributed by atoms with Crippen LogP contribution in [0, 0.1) is 0 Å². The van der Waals surface area contributed by atoms with Crippen molar-refractivity contribution in [1.29, 1.82) is 0 Å². The van der Waals surface area contributed by atoms with Gasteiger partial charge in [-0.05, 0) is 37.1 Å². The fourth-order valence-electron chi connectivity index (χ4n) is 1.93. The third kappa shape index (κ3) is 7.36. The van der Waals surface area contributed by atoms with Crippen LogP contribution >= 0.6 is 0 Å². The number of carbonyl (C=O) groups is 1. The van der Waals surface area contributed by atoms with Crippen LogP contribution < -0.4 is 0 Å². The van der Waals surface area contributed by atoms with Gasteiger partial charge in [-0.2, -0.15) is 0 Å². The van der Waals surface area contributed by atoms with Crippen LogP contribution in [0.3, 0.4) is 0 Å². The zero-order valence-corrected chi connectivity index (χ0v) is 16.6. The van der Waals surface area contributed by atoms with Gasteiger partial charge in [0.15, 0.2) is 0 Å². The quantitative estimate of drug-likeness (QED) is 0.350. The Morgan fingerprint density at radius 2 is 1.54 bits per heavy atom. The van der Waals surface area contributed by atoms with Gasteiger partial charge < -0.3 is 0 Å². The molecule has 2 aromatic rings. The summed E-state index contributed by atoms with van der Waals surface area (Å²) in [6.07, 6.45) is 6.53. The van der Waals surface area contributed by atoms with E-state index < -0.39 is 0 Å². The van der Waals surface area contributed by atoms with Crippen LogP contribution in [0.25, 0.3) is 16.5 Å². The number of carbonyl (C=O) groups excluding carboxylic acids is 1. The lowest BCUT2D eigenvalue weighted by atomic mass is 10.00. The topological polar surface area (TPSA) is 30.0 Å². The molecule has 0 saturated carbocycles. The van der Waals surface area contributed by atoms with Crippen LogP contribution in [-0.2, 0) is 4.79 Å². The Bertz CT molecular complexity index is 634. The summed E-state index contributed by atoms with van der Waals surface area (Å²) >= 11 is 0. The fourth-order valence-corrected chi connectivity index (χ4v) is 1.93. The minimum atomic E-state index is 0.705. The number of pyridine rings is 1. The molecular formula is C22H33NO. The normalized spacial score (nSPS) is 10.3. The molecule has 0 saturated heterocycles. The number of aldehydes is 1. The van der Waals surface area contributed by atoms with E-state index in [1.54, 1.807) is 13.1 Å². The molecule has 0 atom stereocenters. The van der Waals surface area contributed by atoms with Crippen molar-refractivity contribution in [3.63, 3.8) is 0 Å². The standard InChI is InChI=1S/C16H15NO.3C2H6/c1-3-13(10-12(2)11-18)15-8-4-6-14-7-5-9-17-16(14)15;3*1-2/h3-11H,1-2H3;3*1-2H3/b12-10+,13-3+;;;. The number of hydrogen-bond donors (Lipinski definition) is 0. The molecule has 0 amide bonds. The number of nitrogens with zero attached hydrogens (tertiary/aromatic N) is 1. The van der Waals surface area contributed by atoms with Crippen LogP contribution in [0.1, 0.15) is 61.0 Å². The van der Waals surface area contributed by atoms with Gasteiger partial charge in [0.05, 0.1) is 5.52 Å². The van der Waals surface area contributed by atoms with Crippen LogP contribution in [0.2, 0.25) is 0 Å². The molecule has 2 rings (SSSR count). The van der Waals surface area contributed by atoms with Gasteiger partial charge in [0.2, 0.25) is 0 Å². The van der Waals surface area contributed by atoms with Crippen LogP contribution in [0.4, 0.5) is 0 Å². The molecule has 0 unspecified atom stereocenters. The third-order valence-corrected chi connectivity index (χ3v) is 2.82. The van der Waals surface area contributed by atoms with Gasteiger partial charge in [-0.15, -0.1) is 0 Å². The number of fused-ring (bicyclic) bond motifs is 1. The molecule has 24 heavy (non-hydrogen) atoms. The van der Waals surface area contributed by atoms with Crippen molar-refractivity contribution in [1.82, 2.24) is 4.98 Å². The number of allylic oxidation sites excluding steroid dienone is 4. The molecule has 0 aliphatic heterocycles. The Morgan fingerprint density at radius 3 is 2.08 bits per heavy atom. The van der Waals surface area contributed by atoms with Crippen molar-refractivity contribution >= 4 is 22.8 Å². The third-order valence-electron chi connectivity index (χ3n) is 2.82. The number of rotatable bonds is 3. The van der Waals surface area contributed by atoms with Gasteiger partial charge in [-0.25, -0.2) is 0 Å². The second-order valence-electron chi connectivity index (χ2n) is 4.13. The van der Waals surface area contributed by atoms with E-state index >= 15 is 0 Å². The first-order valence-electron chi connectivity index (χ1n) is 8.90. The van der Waals surface area contributed by atoms with E-state index in [0.717, 1.165) is 28.3 Å². The molecule has 132 valence electrons. The van der Waals surface area contributed by atoms with E-state index in [1.165, 1.54) is 0 Å². The van der Waals surface area contributed by atoms with E-state index in [0.29, 0.717) is 5.57 Å². The van der Waals surface area contributed by atoms with Gasteiger partial charge in [0.25, 0.3) is 0 Å². The van der Waals surface area contributed by atoms with E-state index in [4.69, 9.17) is 0 Å². The summed E-state index contributed by atoms with van der Waals surface area (Å²) in [7, 11) is 0. The predicted molar refractivity (Wildman–Crippen MR) is 109 cm³/mol. The van der Waals surface area contributed by atoms with Crippen molar-refractivity contribution in [2.45, 2.75) is 55.4 Å². The van der Waals surface area contributed by atoms with E-state index in [9.17, 15) is 4.79 Å². The summed E-state index contributed by atoms with van der Waals surface area (Å²) in [5, 5.41) is 1.10. The highest BCUT2D eigenvalue weighted by Gasteiger charge is 2.04. The average Bonchev–Trinajstić information content (AvgIpc) is 2.70. The fraction of sp³-hybridized carbons (Fsp3) is 0.364. The monoisotopic (exact) mass is 327 g/mol. The lowest BCUT2D eigenvalue weighted by molar-refractivity contribution is -0.104. The molecule has 1 aromatic heterocycles.